The fourth-order valence-electron chi connectivity index (χ4n) is 1.91. The van der Waals surface area contributed by atoms with Crippen LogP contribution in [0, 0.1) is 11.8 Å². The van der Waals surface area contributed by atoms with E-state index in [-0.39, 0.29) is 5.91 Å². The number of hydrogen-bond acceptors (Lipinski definition) is 2. The smallest absolute Gasteiger partial charge is 0.307 e. The SMILES string of the molecule is O=C(O)C1CCC1C(=O)Nc1cccc(Cl)c1. The summed E-state index contributed by atoms with van der Waals surface area (Å²) in [7, 11) is 0. The highest BCUT2D eigenvalue weighted by atomic mass is 35.5. The van der Waals surface area contributed by atoms with Gasteiger partial charge >= 0.3 is 5.97 Å². The Kier molecular flexibility index (Phi) is 3.33. The normalized spacial score (nSPS) is 22.6. The Morgan fingerprint density at radius 3 is 2.53 bits per heavy atom. The van der Waals surface area contributed by atoms with Gasteiger partial charge in [0.2, 0.25) is 5.91 Å². The second-order valence-corrected chi connectivity index (χ2v) is 4.56. The van der Waals surface area contributed by atoms with E-state index in [9.17, 15) is 9.59 Å². The molecule has 2 N–H and O–H groups in total. The fraction of sp³-hybridized carbons (Fsp3) is 0.333. The van der Waals surface area contributed by atoms with E-state index in [1.807, 2.05) is 0 Å². The van der Waals surface area contributed by atoms with Gasteiger partial charge in [-0.1, -0.05) is 17.7 Å². The Labute approximate surface area is 104 Å². The number of anilines is 1. The number of hydrogen-bond donors (Lipinski definition) is 2. The molecule has 2 atom stereocenters. The average Bonchev–Trinajstić information content (AvgIpc) is 2.13. The summed E-state index contributed by atoms with van der Waals surface area (Å²) in [5.74, 6) is -2.12. The first kappa shape index (κ1) is 11.9. The van der Waals surface area contributed by atoms with Crippen LogP contribution in [0.1, 0.15) is 12.8 Å². The van der Waals surface area contributed by atoms with E-state index in [0.717, 1.165) is 0 Å². The van der Waals surface area contributed by atoms with Crippen molar-refractivity contribution in [3.8, 4) is 0 Å². The van der Waals surface area contributed by atoms with E-state index >= 15 is 0 Å². The first-order chi connectivity index (χ1) is 8.08. The summed E-state index contributed by atoms with van der Waals surface area (Å²) in [5.41, 5.74) is 0.596. The molecule has 1 amide bonds. The third-order valence-electron chi connectivity index (χ3n) is 3.02. The number of aliphatic carboxylic acids is 1. The van der Waals surface area contributed by atoms with Crippen molar-refractivity contribution < 1.29 is 14.7 Å². The lowest BCUT2D eigenvalue weighted by atomic mass is 9.73. The van der Waals surface area contributed by atoms with Crippen molar-refractivity contribution >= 4 is 29.2 Å². The van der Waals surface area contributed by atoms with E-state index in [1.54, 1.807) is 24.3 Å². The number of rotatable bonds is 3. The van der Waals surface area contributed by atoms with E-state index in [0.29, 0.717) is 23.6 Å². The largest absolute Gasteiger partial charge is 0.481 e. The second kappa shape index (κ2) is 4.75. The maximum atomic E-state index is 11.8. The molecule has 1 aromatic rings. The summed E-state index contributed by atoms with van der Waals surface area (Å²) in [4.78, 5) is 22.6. The van der Waals surface area contributed by atoms with Crippen LogP contribution >= 0.6 is 11.6 Å². The second-order valence-electron chi connectivity index (χ2n) is 4.13. The lowest BCUT2D eigenvalue weighted by molar-refractivity contribution is -0.151. The van der Waals surface area contributed by atoms with Gasteiger partial charge in [0.05, 0.1) is 11.8 Å². The molecule has 0 aliphatic heterocycles. The Hall–Kier alpha value is -1.55. The van der Waals surface area contributed by atoms with Gasteiger partial charge in [-0.15, -0.1) is 0 Å². The fourth-order valence-corrected chi connectivity index (χ4v) is 2.10. The lowest BCUT2D eigenvalue weighted by Gasteiger charge is -2.31. The molecule has 0 saturated heterocycles. The van der Waals surface area contributed by atoms with Crippen molar-refractivity contribution in [3.05, 3.63) is 29.3 Å². The van der Waals surface area contributed by atoms with Gasteiger partial charge in [-0.25, -0.2) is 0 Å². The molecule has 1 fully saturated rings. The number of nitrogens with one attached hydrogen (secondary N) is 1. The minimum Gasteiger partial charge on any atom is -0.481 e. The summed E-state index contributed by atoms with van der Waals surface area (Å²) < 4.78 is 0. The molecule has 17 heavy (non-hydrogen) atoms. The van der Waals surface area contributed by atoms with Gasteiger partial charge in [0.25, 0.3) is 0 Å². The molecule has 0 radical (unpaired) electrons. The van der Waals surface area contributed by atoms with Crippen molar-refractivity contribution in [1.82, 2.24) is 0 Å². The van der Waals surface area contributed by atoms with Crippen LogP contribution in [0.3, 0.4) is 0 Å². The van der Waals surface area contributed by atoms with Crippen LogP contribution < -0.4 is 5.32 Å². The Bertz CT molecular complexity index is 461. The number of halogens is 1. The van der Waals surface area contributed by atoms with Crippen LogP contribution in [0.15, 0.2) is 24.3 Å². The first-order valence-corrected chi connectivity index (χ1v) is 5.75. The summed E-state index contributed by atoms with van der Waals surface area (Å²) >= 11 is 5.79. The van der Waals surface area contributed by atoms with Crippen LogP contribution in [0.4, 0.5) is 5.69 Å². The zero-order chi connectivity index (χ0) is 12.4. The molecular formula is C12H12ClNO3. The van der Waals surface area contributed by atoms with Crippen LogP contribution in [-0.4, -0.2) is 17.0 Å². The highest BCUT2D eigenvalue weighted by Crippen LogP contribution is 2.35. The van der Waals surface area contributed by atoms with Crippen molar-refractivity contribution in [2.45, 2.75) is 12.8 Å². The Morgan fingerprint density at radius 2 is 2.00 bits per heavy atom. The molecule has 4 nitrogen and oxygen atoms in total. The van der Waals surface area contributed by atoms with E-state index in [4.69, 9.17) is 16.7 Å². The highest BCUT2D eigenvalue weighted by Gasteiger charge is 2.41. The topological polar surface area (TPSA) is 66.4 Å². The van der Waals surface area contributed by atoms with Gasteiger partial charge in [-0.2, -0.15) is 0 Å². The molecule has 0 bridgehead atoms. The summed E-state index contributed by atoms with van der Waals surface area (Å²) in [6.07, 6.45) is 1.20. The van der Waals surface area contributed by atoms with Crippen LogP contribution in [-0.2, 0) is 9.59 Å². The Balaban J connectivity index is 2.00. The lowest BCUT2D eigenvalue weighted by Crippen LogP contribution is -2.41. The monoisotopic (exact) mass is 253 g/mol. The van der Waals surface area contributed by atoms with Gasteiger partial charge in [0.15, 0.2) is 0 Å². The molecule has 1 saturated carbocycles. The number of carbonyl (C=O) groups excluding carboxylic acids is 1. The number of carbonyl (C=O) groups is 2. The molecule has 1 aliphatic rings. The molecule has 2 rings (SSSR count). The maximum absolute atomic E-state index is 11.8. The number of carboxylic acid groups (broad SMARTS) is 1. The molecule has 0 heterocycles. The van der Waals surface area contributed by atoms with Crippen LogP contribution in [0.5, 0.6) is 0 Å². The number of carboxylic acids is 1. The molecule has 1 aliphatic carbocycles. The van der Waals surface area contributed by atoms with Crippen molar-refractivity contribution in [2.75, 3.05) is 5.32 Å². The Morgan fingerprint density at radius 1 is 1.29 bits per heavy atom. The highest BCUT2D eigenvalue weighted by molar-refractivity contribution is 6.30. The molecule has 5 heteroatoms. The van der Waals surface area contributed by atoms with Gasteiger partial charge in [0, 0.05) is 10.7 Å². The van der Waals surface area contributed by atoms with E-state index < -0.39 is 17.8 Å². The standard InChI is InChI=1S/C12H12ClNO3/c13-7-2-1-3-8(6-7)14-11(15)9-4-5-10(9)12(16)17/h1-3,6,9-10H,4-5H2,(H,14,15)(H,16,17). The zero-order valence-corrected chi connectivity index (χ0v) is 9.78. The predicted octanol–water partition coefficient (Wildman–Crippen LogP) is 2.39. The zero-order valence-electron chi connectivity index (χ0n) is 9.02. The van der Waals surface area contributed by atoms with Gasteiger partial charge in [-0.05, 0) is 31.0 Å². The third-order valence-corrected chi connectivity index (χ3v) is 3.26. The average molecular weight is 254 g/mol. The summed E-state index contributed by atoms with van der Waals surface area (Å²) in [5, 5.41) is 12.1. The number of benzene rings is 1. The molecular weight excluding hydrogens is 242 g/mol. The predicted molar refractivity (Wildman–Crippen MR) is 63.9 cm³/mol. The van der Waals surface area contributed by atoms with Crippen molar-refractivity contribution in [1.29, 1.82) is 0 Å². The van der Waals surface area contributed by atoms with Crippen LogP contribution in [0.2, 0.25) is 5.02 Å². The molecule has 0 aromatic heterocycles. The van der Waals surface area contributed by atoms with Crippen molar-refractivity contribution in [2.24, 2.45) is 11.8 Å². The summed E-state index contributed by atoms with van der Waals surface area (Å²) in [6, 6.07) is 6.79. The molecule has 1 aromatic carbocycles. The van der Waals surface area contributed by atoms with Gasteiger partial charge in [0.1, 0.15) is 0 Å². The van der Waals surface area contributed by atoms with Crippen LogP contribution in [0.25, 0.3) is 0 Å². The molecule has 0 spiro atoms. The first-order valence-electron chi connectivity index (χ1n) is 5.37. The molecule has 2 unspecified atom stereocenters. The van der Waals surface area contributed by atoms with Crippen molar-refractivity contribution in [3.63, 3.8) is 0 Å². The summed E-state index contributed by atoms with van der Waals surface area (Å²) in [6.45, 7) is 0. The number of amides is 1. The quantitative estimate of drug-likeness (QED) is 0.869. The minimum absolute atomic E-state index is 0.245. The minimum atomic E-state index is -0.900. The molecule has 90 valence electrons. The third kappa shape index (κ3) is 2.58. The van der Waals surface area contributed by atoms with E-state index in [1.165, 1.54) is 0 Å². The van der Waals surface area contributed by atoms with Gasteiger partial charge < -0.3 is 10.4 Å². The van der Waals surface area contributed by atoms with E-state index in [2.05, 4.69) is 5.32 Å². The van der Waals surface area contributed by atoms with Gasteiger partial charge in [-0.3, -0.25) is 9.59 Å². The maximum Gasteiger partial charge on any atom is 0.307 e.